The predicted molar refractivity (Wildman–Crippen MR) is 87.7 cm³/mol. The number of nitrogens with two attached hydrogens (primary N) is 1. The summed E-state index contributed by atoms with van der Waals surface area (Å²) in [5.74, 6) is 0. The number of aromatic nitrogens is 1. The molecule has 2 rings (SSSR count). The Morgan fingerprint density at radius 2 is 1.85 bits per heavy atom. The van der Waals surface area contributed by atoms with Crippen LogP contribution in [0.5, 0.6) is 0 Å². The Morgan fingerprint density at radius 1 is 1.25 bits per heavy atom. The van der Waals surface area contributed by atoms with Crippen molar-refractivity contribution in [2.45, 2.75) is 45.6 Å². The molecule has 0 fully saturated rings. The Hall–Kier alpha value is -0.900. The van der Waals surface area contributed by atoms with Crippen LogP contribution in [-0.4, -0.2) is 4.98 Å². The van der Waals surface area contributed by atoms with Gasteiger partial charge in [0.2, 0.25) is 0 Å². The van der Waals surface area contributed by atoms with Crippen LogP contribution in [0.15, 0.2) is 24.3 Å². The third-order valence-electron chi connectivity index (χ3n) is 3.09. The first-order valence-electron chi connectivity index (χ1n) is 6.77. The van der Waals surface area contributed by atoms with E-state index in [1.165, 1.54) is 10.4 Å². The van der Waals surface area contributed by atoms with Gasteiger partial charge in [0.15, 0.2) is 0 Å². The minimum Gasteiger partial charge on any atom is -0.323 e. The van der Waals surface area contributed by atoms with Gasteiger partial charge in [0.1, 0.15) is 0 Å². The highest BCUT2D eigenvalue weighted by atomic mass is 35.5. The lowest BCUT2D eigenvalue weighted by molar-refractivity contribution is 0.559. The number of thiazole rings is 1. The predicted octanol–water partition coefficient (Wildman–Crippen LogP) is 4.70. The van der Waals surface area contributed by atoms with E-state index < -0.39 is 0 Å². The van der Waals surface area contributed by atoms with Gasteiger partial charge in [-0.1, -0.05) is 44.5 Å². The van der Waals surface area contributed by atoms with Crippen LogP contribution in [-0.2, 0) is 11.8 Å². The third kappa shape index (κ3) is 3.60. The molecule has 2 nitrogen and oxygen atoms in total. The molecule has 0 radical (unpaired) electrons. The molecule has 1 heterocycles. The van der Waals surface area contributed by atoms with Crippen molar-refractivity contribution in [3.63, 3.8) is 0 Å². The van der Waals surface area contributed by atoms with Crippen LogP contribution < -0.4 is 5.73 Å². The molecule has 4 heteroatoms. The van der Waals surface area contributed by atoms with E-state index in [0.717, 1.165) is 22.1 Å². The van der Waals surface area contributed by atoms with Crippen molar-refractivity contribution < 1.29 is 0 Å². The van der Waals surface area contributed by atoms with Gasteiger partial charge >= 0.3 is 0 Å². The normalized spacial score (nSPS) is 13.5. The summed E-state index contributed by atoms with van der Waals surface area (Å²) in [7, 11) is 0. The molecule has 1 atom stereocenters. The highest BCUT2D eigenvalue weighted by Gasteiger charge is 2.24. The molecule has 1 aromatic carbocycles. The van der Waals surface area contributed by atoms with Gasteiger partial charge in [-0.15, -0.1) is 11.3 Å². The topological polar surface area (TPSA) is 38.9 Å². The summed E-state index contributed by atoms with van der Waals surface area (Å²) in [4.78, 5) is 6.02. The number of hydrogen-bond acceptors (Lipinski definition) is 3. The summed E-state index contributed by atoms with van der Waals surface area (Å²) in [5, 5.41) is 1.88. The van der Waals surface area contributed by atoms with Crippen molar-refractivity contribution in [1.29, 1.82) is 0 Å². The van der Waals surface area contributed by atoms with Gasteiger partial charge < -0.3 is 5.73 Å². The smallest absolute Gasteiger partial charge is 0.0975 e. The lowest BCUT2D eigenvalue weighted by atomic mass is 9.90. The Labute approximate surface area is 130 Å². The van der Waals surface area contributed by atoms with E-state index >= 15 is 0 Å². The van der Waals surface area contributed by atoms with E-state index in [1.54, 1.807) is 11.3 Å². The average Bonchev–Trinajstić information content (AvgIpc) is 2.76. The molecular formula is C16H21ClN2S. The maximum atomic E-state index is 6.09. The van der Waals surface area contributed by atoms with E-state index in [2.05, 4.69) is 20.8 Å². The Kier molecular flexibility index (Phi) is 4.52. The number of rotatable bonds is 3. The van der Waals surface area contributed by atoms with Crippen molar-refractivity contribution in [1.82, 2.24) is 4.98 Å². The molecule has 0 saturated carbocycles. The lowest BCUT2D eigenvalue weighted by Crippen LogP contribution is -2.17. The molecule has 2 aromatic rings. The molecule has 1 aromatic heterocycles. The highest BCUT2D eigenvalue weighted by molar-refractivity contribution is 7.11. The van der Waals surface area contributed by atoms with Crippen LogP contribution in [0.4, 0.5) is 0 Å². The standard InChI is InChI=1S/C16H21ClN2S/c1-10(18)14-15(16(2,3)4)19-13(20-14)9-11-5-7-12(17)8-6-11/h5-8,10H,9,18H2,1-4H3. The van der Waals surface area contributed by atoms with E-state index in [4.69, 9.17) is 22.3 Å². The van der Waals surface area contributed by atoms with Gasteiger partial charge in [-0.2, -0.15) is 0 Å². The van der Waals surface area contributed by atoms with E-state index in [9.17, 15) is 0 Å². The summed E-state index contributed by atoms with van der Waals surface area (Å²) in [6, 6.07) is 7.96. The SMILES string of the molecule is CC(N)c1sc(Cc2ccc(Cl)cc2)nc1C(C)(C)C. The summed E-state index contributed by atoms with van der Waals surface area (Å²) in [6.45, 7) is 8.56. The van der Waals surface area contributed by atoms with E-state index in [0.29, 0.717) is 0 Å². The van der Waals surface area contributed by atoms with Crippen LogP contribution in [0.25, 0.3) is 0 Å². The maximum Gasteiger partial charge on any atom is 0.0975 e. The quantitative estimate of drug-likeness (QED) is 0.892. The van der Waals surface area contributed by atoms with Crippen molar-refractivity contribution in [2.24, 2.45) is 5.73 Å². The van der Waals surface area contributed by atoms with Gasteiger partial charge in [0, 0.05) is 27.8 Å². The molecule has 0 aliphatic rings. The van der Waals surface area contributed by atoms with Crippen LogP contribution in [0.1, 0.15) is 54.9 Å². The minimum absolute atomic E-state index is 0.0255. The number of halogens is 1. The first kappa shape index (κ1) is 15.5. The number of hydrogen-bond donors (Lipinski definition) is 1. The van der Waals surface area contributed by atoms with Crippen molar-refractivity contribution in [2.75, 3.05) is 0 Å². The van der Waals surface area contributed by atoms with Crippen LogP contribution in [0.2, 0.25) is 5.02 Å². The zero-order valence-corrected chi connectivity index (χ0v) is 14.0. The van der Waals surface area contributed by atoms with Crippen LogP contribution in [0, 0.1) is 0 Å². The van der Waals surface area contributed by atoms with Gasteiger partial charge in [0.05, 0.1) is 10.7 Å². The average molecular weight is 309 g/mol. The summed E-state index contributed by atoms with van der Waals surface area (Å²) >= 11 is 7.64. The van der Waals surface area contributed by atoms with Gasteiger partial charge in [-0.3, -0.25) is 0 Å². The van der Waals surface area contributed by atoms with Gasteiger partial charge in [0.25, 0.3) is 0 Å². The Morgan fingerprint density at radius 3 is 2.30 bits per heavy atom. The fourth-order valence-electron chi connectivity index (χ4n) is 2.08. The third-order valence-corrected chi connectivity index (χ3v) is 4.60. The van der Waals surface area contributed by atoms with Crippen LogP contribution >= 0.6 is 22.9 Å². The van der Waals surface area contributed by atoms with Crippen molar-refractivity contribution >= 4 is 22.9 Å². The fourth-order valence-corrected chi connectivity index (χ4v) is 3.47. The zero-order chi connectivity index (χ0) is 14.9. The fraction of sp³-hybridized carbons (Fsp3) is 0.438. The largest absolute Gasteiger partial charge is 0.323 e. The second-order valence-electron chi connectivity index (χ2n) is 6.16. The van der Waals surface area contributed by atoms with E-state index in [-0.39, 0.29) is 11.5 Å². The number of benzene rings is 1. The Balaban J connectivity index is 2.31. The van der Waals surface area contributed by atoms with Gasteiger partial charge in [-0.25, -0.2) is 4.98 Å². The van der Waals surface area contributed by atoms with Gasteiger partial charge in [-0.05, 0) is 24.6 Å². The monoisotopic (exact) mass is 308 g/mol. The second-order valence-corrected chi connectivity index (χ2v) is 7.71. The molecule has 0 aliphatic carbocycles. The molecule has 0 aliphatic heterocycles. The van der Waals surface area contributed by atoms with E-state index in [1.807, 2.05) is 31.2 Å². The summed E-state index contributed by atoms with van der Waals surface area (Å²) in [6.07, 6.45) is 0.831. The highest BCUT2D eigenvalue weighted by Crippen LogP contribution is 2.33. The molecule has 0 amide bonds. The van der Waals surface area contributed by atoms with Crippen molar-refractivity contribution in [3.8, 4) is 0 Å². The van der Waals surface area contributed by atoms with Crippen molar-refractivity contribution in [3.05, 3.63) is 50.4 Å². The number of nitrogens with zero attached hydrogens (tertiary/aromatic N) is 1. The molecule has 20 heavy (non-hydrogen) atoms. The molecule has 0 bridgehead atoms. The summed E-state index contributed by atoms with van der Waals surface area (Å²) in [5.41, 5.74) is 8.46. The zero-order valence-electron chi connectivity index (χ0n) is 12.4. The Bertz CT molecular complexity index is 580. The molecule has 2 N–H and O–H groups in total. The molecule has 108 valence electrons. The summed E-state index contributed by atoms with van der Waals surface area (Å²) < 4.78 is 0. The first-order valence-corrected chi connectivity index (χ1v) is 7.97. The van der Waals surface area contributed by atoms with Crippen LogP contribution in [0.3, 0.4) is 0 Å². The molecular weight excluding hydrogens is 288 g/mol. The maximum absolute atomic E-state index is 6.09. The molecule has 0 saturated heterocycles. The lowest BCUT2D eigenvalue weighted by Gasteiger charge is -2.18. The first-order chi connectivity index (χ1) is 9.27. The molecule has 1 unspecified atom stereocenters. The minimum atomic E-state index is 0.0255. The second kappa shape index (κ2) is 5.84. The molecule has 0 spiro atoms.